The van der Waals surface area contributed by atoms with E-state index in [0.29, 0.717) is 0 Å². The molecule has 0 radical (unpaired) electrons. The SMILES string of the molecule is CCOC(OCC)[SiH2]CC[SiH2]COC(C)Cl. The van der Waals surface area contributed by atoms with Crippen LogP contribution >= 0.6 is 11.6 Å². The van der Waals surface area contributed by atoms with Crippen LogP contribution in [-0.2, 0) is 14.2 Å². The Morgan fingerprint density at radius 3 is 2.19 bits per heavy atom. The molecule has 0 bridgehead atoms. The van der Waals surface area contributed by atoms with E-state index in [0.717, 1.165) is 19.4 Å². The Bertz CT molecular complexity index is 144. The van der Waals surface area contributed by atoms with Gasteiger partial charge in [-0.05, 0) is 20.8 Å². The summed E-state index contributed by atoms with van der Waals surface area (Å²) in [5, 5.41) is 0. The molecular formula is C10H25ClO3Si2. The van der Waals surface area contributed by atoms with E-state index in [4.69, 9.17) is 25.8 Å². The number of ether oxygens (including phenoxy) is 3. The van der Waals surface area contributed by atoms with E-state index in [-0.39, 0.29) is 30.5 Å². The summed E-state index contributed by atoms with van der Waals surface area (Å²) in [5.74, 6) is 0.122. The van der Waals surface area contributed by atoms with Crippen LogP contribution in [0.3, 0.4) is 0 Å². The van der Waals surface area contributed by atoms with E-state index >= 15 is 0 Å². The van der Waals surface area contributed by atoms with Crippen molar-refractivity contribution in [3.05, 3.63) is 0 Å². The van der Waals surface area contributed by atoms with Crippen molar-refractivity contribution in [1.82, 2.24) is 0 Å². The van der Waals surface area contributed by atoms with Gasteiger partial charge < -0.3 is 14.2 Å². The quantitative estimate of drug-likeness (QED) is 0.246. The van der Waals surface area contributed by atoms with Crippen molar-refractivity contribution in [2.24, 2.45) is 0 Å². The van der Waals surface area contributed by atoms with E-state index in [9.17, 15) is 0 Å². The number of halogens is 1. The molecule has 0 N–H and O–H groups in total. The number of rotatable bonds is 11. The van der Waals surface area contributed by atoms with Gasteiger partial charge in [0.15, 0.2) is 0 Å². The Kier molecular flexibility index (Phi) is 12.5. The van der Waals surface area contributed by atoms with Crippen LogP contribution < -0.4 is 0 Å². The molecule has 6 heteroatoms. The van der Waals surface area contributed by atoms with Gasteiger partial charge in [0, 0.05) is 19.4 Å². The van der Waals surface area contributed by atoms with Crippen LogP contribution in [0.1, 0.15) is 20.8 Å². The lowest BCUT2D eigenvalue weighted by Gasteiger charge is -2.16. The molecule has 0 aromatic rings. The monoisotopic (exact) mass is 284 g/mol. The Labute approximate surface area is 109 Å². The molecule has 0 amide bonds. The van der Waals surface area contributed by atoms with E-state index in [1.54, 1.807) is 0 Å². The highest BCUT2D eigenvalue weighted by Crippen LogP contribution is 2.00. The van der Waals surface area contributed by atoms with Gasteiger partial charge in [-0.2, -0.15) is 0 Å². The van der Waals surface area contributed by atoms with Gasteiger partial charge in [-0.15, -0.1) is 0 Å². The molecule has 0 aliphatic carbocycles. The molecule has 16 heavy (non-hydrogen) atoms. The van der Waals surface area contributed by atoms with Crippen LogP contribution in [0.4, 0.5) is 0 Å². The first-order valence-electron chi connectivity index (χ1n) is 6.19. The number of alkyl halides is 1. The zero-order chi connectivity index (χ0) is 12.2. The van der Waals surface area contributed by atoms with Crippen LogP contribution in [0.5, 0.6) is 0 Å². The van der Waals surface area contributed by atoms with Crippen molar-refractivity contribution >= 4 is 30.6 Å². The van der Waals surface area contributed by atoms with Crippen molar-refractivity contribution in [3.8, 4) is 0 Å². The van der Waals surface area contributed by atoms with Crippen molar-refractivity contribution < 1.29 is 14.2 Å². The second-order valence-electron chi connectivity index (χ2n) is 3.60. The molecule has 0 aromatic heterocycles. The minimum Gasteiger partial charge on any atom is -0.367 e. The van der Waals surface area contributed by atoms with Gasteiger partial charge in [0.25, 0.3) is 0 Å². The van der Waals surface area contributed by atoms with Crippen molar-refractivity contribution in [1.29, 1.82) is 0 Å². The lowest BCUT2D eigenvalue weighted by molar-refractivity contribution is -0.0826. The summed E-state index contributed by atoms with van der Waals surface area (Å²) in [4.78, 5) is 0. The third kappa shape index (κ3) is 11.1. The summed E-state index contributed by atoms with van der Waals surface area (Å²) in [6, 6.07) is 2.63. The maximum Gasteiger partial charge on any atom is 0.134 e. The third-order valence-corrected chi connectivity index (χ3v) is 6.64. The predicted octanol–water partition coefficient (Wildman–Crippen LogP) is 1.08. The number of hydrogen-bond donors (Lipinski definition) is 0. The van der Waals surface area contributed by atoms with Gasteiger partial charge >= 0.3 is 0 Å². The first-order valence-corrected chi connectivity index (χ1v) is 10.4. The van der Waals surface area contributed by atoms with E-state index < -0.39 is 0 Å². The molecule has 3 nitrogen and oxygen atoms in total. The van der Waals surface area contributed by atoms with E-state index in [1.165, 1.54) is 12.1 Å². The molecule has 0 aliphatic heterocycles. The van der Waals surface area contributed by atoms with E-state index in [1.807, 2.05) is 20.8 Å². The highest BCUT2D eigenvalue weighted by atomic mass is 35.5. The minimum absolute atomic E-state index is 0.0854. The maximum atomic E-state index is 5.69. The Balaban J connectivity index is 3.32. The Morgan fingerprint density at radius 1 is 1.06 bits per heavy atom. The van der Waals surface area contributed by atoms with Crippen LogP contribution in [0.2, 0.25) is 12.1 Å². The standard InChI is InChI=1S/C10H25ClO3Si2/c1-4-12-10(13-5-2)16-7-6-15-8-14-9(3)11/h9-10H,4-8,15-16H2,1-3H3. The first kappa shape index (κ1) is 16.6. The molecule has 0 saturated heterocycles. The summed E-state index contributed by atoms with van der Waals surface area (Å²) in [7, 11) is -0.328. The van der Waals surface area contributed by atoms with Gasteiger partial charge in [-0.25, -0.2) is 0 Å². The van der Waals surface area contributed by atoms with Gasteiger partial charge in [0.05, 0.1) is 19.0 Å². The lowest BCUT2D eigenvalue weighted by Crippen LogP contribution is -2.24. The third-order valence-electron chi connectivity index (χ3n) is 2.14. The molecule has 0 rings (SSSR count). The Morgan fingerprint density at radius 2 is 1.69 bits per heavy atom. The molecule has 0 aromatic carbocycles. The Hall–Kier alpha value is 0.604. The van der Waals surface area contributed by atoms with Crippen molar-refractivity contribution in [3.63, 3.8) is 0 Å². The fourth-order valence-corrected chi connectivity index (χ4v) is 6.09. The first-order chi connectivity index (χ1) is 7.70. The molecule has 0 fully saturated rings. The van der Waals surface area contributed by atoms with E-state index in [2.05, 4.69) is 0 Å². The van der Waals surface area contributed by atoms with Crippen LogP contribution in [0, 0.1) is 0 Å². The largest absolute Gasteiger partial charge is 0.367 e. The highest BCUT2D eigenvalue weighted by molar-refractivity contribution is 6.42. The summed E-state index contributed by atoms with van der Waals surface area (Å²) < 4.78 is 16.4. The van der Waals surface area contributed by atoms with Crippen molar-refractivity contribution in [2.45, 2.75) is 44.3 Å². The van der Waals surface area contributed by atoms with Gasteiger partial charge in [0.1, 0.15) is 11.5 Å². The van der Waals surface area contributed by atoms with Crippen LogP contribution in [-0.4, -0.2) is 50.0 Å². The van der Waals surface area contributed by atoms with Gasteiger partial charge in [0.2, 0.25) is 0 Å². The molecule has 0 saturated carbocycles. The summed E-state index contributed by atoms with van der Waals surface area (Å²) in [6.45, 7) is 7.41. The maximum absolute atomic E-state index is 5.69. The number of hydrogen-bond acceptors (Lipinski definition) is 3. The minimum atomic E-state index is -0.242. The highest BCUT2D eigenvalue weighted by Gasteiger charge is 2.07. The van der Waals surface area contributed by atoms with Gasteiger partial charge in [-0.3, -0.25) is 0 Å². The zero-order valence-corrected chi connectivity index (χ0v) is 14.3. The topological polar surface area (TPSA) is 27.7 Å². The molecule has 1 unspecified atom stereocenters. The summed E-state index contributed by atoms with van der Waals surface area (Å²) in [6.07, 6.45) is 0.896. The van der Waals surface area contributed by atoms with Crippen molar-refractivity contribution in [2.75, 3.05) is 19.4 Å². The van der Waals surface area contributed by atoms with Gasteiger partial charge in [-0.1, -0.05) is 23.7 Å². The molecule has 0 heterocycles. The summed E-state index contributed by atoms with van der Waals surface area (Å²) >= 11 is 5.69. The average Bonchev–Trinajstić information content (AvgIpc) is 2.23. The second-order valence-corrected chi connectivity index (χ2v) is 7.99. The smallest absolute Gasteiger partial charge is 0.134 e. The fourth-order valence-electron chi connectivity index (χ4n) is 1.42. The van der Waals surface area contributed by atoms with Crippen LogP contribution in [0.25, 0.3) is 0 Å². The molecule has 0 aliphatic rings. The molecule has 1 atom stereocenters. The fraction of sp³-hybridized carbons (Fsp3) is 1.00. The molecular weight excluding hydrogens is 260 g/mol. The molecule has 98 valence electrons. The zero-order valence-electron chi connectivity index (χ0n) is 10.7. The van der Waals surface area contributed by atoms with Crippen LogP contribution in [0.15, 0.2) is 0 Å². The second kappa shape index (κ2) is 12.1. The summed E-state index contributed by atoms with van der Waals surface area (Å²) in [5.41, 5.74) is -0.135. The normalized spacial score (nSPS) is 14.8. The average molecular weight is 285 g/mol. The predicted molar refractivity (Wildman–Crippen MR) is 75.0 cm³/mol. The molecule has 0 spiro atoms. The lowest BCUT2D eigenvalue weighted by atomic mass is 10.8.